The fourth-order valence-corrected chi connectivity index (χ4v) is 13.4. The molecular formula is C69H107Br2N9O14. The van der Waals surface area contributed by atoms with Crippen molar-refractivity contribution >= 4 is 84.7 Å². The molecule has 526 valence electrons. The lowest BCUT2D eigenvalue weighted by Gasteiger charge is -2.41. The number of anilines is 1. The minimum atomic E-state index is -0.940. The van der Waals surface area contributed by atoms with Gasteiger partial charge in [0.2, 0.25) is 29.5 Å². The Labute approximate surface area is 574 Å². The zero-order valence-corrected chi connectivity index (χ0v) is 60.9. The summed E-state index contributed by atoms with van der Waals surface area (Å²) >= 11 is 6.94. The smallest absolute Gasteiger partial charge is 0.410 e. The molecule has 1 aliphatic heterocycles. The van der Waals surface area contributed by atoms with E-state index in [1.165, 1.54) is 26.2 Å². The molecule has 11 atom stereocenters. The fraction of sp³-hybridized carbons (Fsp3) is 0.681. The van der Waals surface area contributed by atoms with E-state index in [2.05, 4.69) is 58.1 Å². The third kappa shape index (κ3) is 24.7. The Morgan fingerprint density at radius 2 is 1.49 bits per heavy atom. The number of aryl methyl sites for hydroxylation is 1. The highest BCUT2D eigenvalue weighted by atomic mass is 79.9. The molecule has 0 radical (unpaired) electrons. The van der Waals surface area contributed by atoms with Crippen LogP contribution < -0.4 is 16.0 Å². The summed E-state index contributed by atoms with van der Waals surface area (Å²) < 4.78 is 30.0. The van der Waals surface area contributed by atoms with Crippen molar-refractivity contribution in [3.63, 3.8) is 0 Å². The van der Waals surface area contributed by atoms with Crippen molar-refractivity contribution in [3.8, 4) is 0 Å². The largest absolute Gasteiger partial charge is 0.445 e. The molecule has 0 unspecified atom stereocenters. The van der Waals surface area contributed by atoms with Gasteiger partial charge in [-0.1, -0.05) is 141 Å². The number of alkyl halides is 2. The van der Waals surface area contributed by atoms with Crippen LogP contribution in [0.25, 0.3) is 0 Å². The summed E-state index contributed by atoms with van der Waals surface area (Å²) in [7, 11) is 7.84. The number of aliphatic hydroxyl groups excluding tert-OH is 1. The number of benzene rings is 2. The summed E-state index contributed by atoms with van der Waals surface area (Å²) in [5, 5.41) is 29.3. The first-order chi connectivity index (χ1) is 44.9. The molecule has 6 amide bonds. The molecule has 2 aromatic carbocycles. The Morgan fingerprint density at radius 1 is 0.787 bits per heavy atom. The van der Waals surface area contributed by atoms with Crippen LogP contribution in [0.1, 0.15) is 161 Å². The molecule has 4 rings (SSSR count). The molecule has 1 saturated heterocycles. The zero-order chi connectivity index (χ0) is 69.6. The maximum Gasteiger partial charge on any atom is 0.410 e. The van der Waals surface area contributed by atoms with Crippen LogP contribution in [0.5, 0.6) is 0 Å². The summed E-state index contributed by atoms with van der Waals surface area (Å²) in [6.07, 6.45) is 1.32. The number of Topliss-reactive ketones (excluding diaryl/α,β-unsaturated/α-hetero) is 2. The number of rotatable bonds is 44. The number of likely N-dealkylation sites (tertiary alicyclic amines) is 1. The molecule has 23 nitrogen and oxygen atoms in total. The number of nitrogens with one attached hydrogen (secondary N) is 3. The molecule has 1 aromatic heterocycles. The summed E-state index contributed by atoms with van der Waals surface area (Å²) in [5.74, 6) is -4.50. The van der Waals surface area contributed by atoms with Gasteiger partial charge in [0.25, 0.3) is 0 Å². The number of ketones is 2. The number of unbranched alkanes of at least 4 members (excludes halogenated alkanes) is 1. The molecular weight excluding hydrogens is 1340 g/mol. The average molecular weight is 1450 g/mol. The minimum absolute atomic E-state index is 0.0311. The van der Waals surface area contributed by atoms with Crippen LogP contribution in [0.4, 0.5) is 10.5 Å². The van der Waals surface area contributed by atoms with Crippen LogP contribution in [0.15, 0.2) is 54.6 Å². The summed E-state index contributed by atoms with van der Waals surface area (Å²) in [5.41, 5.74) is 3.52. The Balaban J connectivity index is 1.38. The number of carbonyl (C=O) groups is 8. The lowest BCUT2D eigenvalue weighted by atomic mass is 9.83. The SMILES string of the molecule is CC[C@H](C)[C@@H]([C@@H](CC(=O)N1CCC[C@H]1[C@H](OC)[C@@H](C)C(=O)N[C@H](C)[C@@H](O)c1ccccc1)OC)N(C)C(=O)[C@@H](CC(=O)[C@H](C(C)C)N(C)C(=O)OCc1ccc(NC(=O)[C@H](CCCCNC(=O)CCOCCOC)CC(=O)CCCn2nnc(CBr)c2CBr)cc1)C(C)C. The van der Waals surface area contributed by atoms with Crippen molar-refractivity contribution < 1.29 is 67.1 Å². The van der Waals surface area contributed by atoms with Crippen LogP contribution in [0.2, 0.25) is 0 Å². The number of aliphatic hydroxyl groups is 1. The van der Waals surface area contributed by atoms with Crippen molar-refractivity contribution in [2.75, 3.05) is 73.7 Å². The van der Waals surface area contributed by atoms with E-state index in [0.717, 1.165) is 11.4 Å². The van der Waals surface area contributed by atoms with E-state index in [-0.39, 0.29) is 104 Å². The number of likely N-dealkylation sites (N-methyl/N-ethyl adjacent to an activating group) is 2. The molecule has 4 N–H and O–H groups in total. The number of nitrogens with zero attached hydrogens (tertiary/aromatic N) is 6. The number of halogens is 2. The van der Waals surface area contributed by atoms with Gasteiger partial charge in [0.1, 0.15) is 12.4 Å². The van der Waals surface area contributed by atoms with Crippen molar-refractivity contribution in [2.24, 2.45) is 35.5 Å². The number of ether oxygens (including phenoxy) is 5. The quantitative estimate of drug-likeness (QED) is 0.0303. The molecule has 0 bridgehead atoms. The van der Waals surface area contributed by atoms with E-state index >= 15 is 0 Å². The van der Waals surface area contributed by atoms with Crippen LogP contribution in [-0.4, -0.2) is 187 Å². The van der Waals surface area contributed by atoms with E-state index in [9.17, 15) is 43.5 Å². The summed E-state index contributed by atoms with van der Waals surface area (Å²) in [6, 6.07) is 13.4. The normalized spacial score (nSPS) is 16.4. The number of hydrogen-bond acceptors (Lipinski definition) is 16. The van der Waals surface area contributed by atoms with Crippen LogP contribution >= 0.6 is 31.9 Å². The number of hydrogen-bond donors (Lipinski definition) is 4. The standard InChI is InChI=1S/C69H107Br2N9O14/c1-14-46(6)63(59(91-12)40-61(84)79-33-21-26-56(79)65(92-13)47(7)66(86)73-48(8)64(85)50-22-16-15-17-23-50)77(9)68(88)54(44(2)3)39-58(82)62(45(4)5)78(10)69(89)94-43-49-27-29-52(30-28-49)74-67(87)51(24-18-19-32-72-60(83)31-35-93-37-36-90-11)38-53(81)25-20-34-80-57(42-71)55(41-70)75-76-80/h15-17,22-23,27-30,44-48,51,54,56,59,62-65,85H,14,18-21,24-26,31-43H2,1-13H3,(H,72,83)(H,73,86)(H,74,87)/t46-,47+,48+,51+,54-,56-,59+,62-,63-,64+,65+/m0/s1. The van der Waals surface area contributed by atoms with Gasteiger partial charge in [-0.15, -0.1) is 5.10 Å². The summed E-state index contributed by atoms with van der Waals surface area (Å²) in [4.78, 5) is 116. The average Bonchev–Trinajstić information content (AvgIpc) is 1.67. The lowest BCUT2D eigenvalue weighted by Crippen LogP contribution is -2.55. The van der Waals surface area contributed by atoms with Crippen molar-refractivity contribution in [2.45, 2.75) is 199 Å². The van der Waals surface area contributed by atoms with Crippen molar-refractivity contribution in [1.29, 1.82) is 0 Å². The van der Waals surface area contributed by atoms with Gasteiger partial charge in [-0.3, -0.25) is 33.6 Å². The van der Waals surface area contributed by atoms with Gasteiger partial charge in [-0.2, -0.15) is 0 Å². The van der Waals surface area contributed by atoms with E-state index < -0.39 is 66.3 Å². The lowest BCUT2D eigenvalue weighted by molar-refractivity contribution is -0.149. The first kappa shape index (κ1) is 80.7. The molecule has 0 aliphatic carbocycles. The highest BCUT2D eigenvalue weighted by Gasteiger charge is 2.44. The third-order valence-electron chi connectivity index (χ3n) is 18.1. The molecule has 0 saturated carbocycles. The number of amides is 6. The predicted molar refractivity (Wildman–Crippen MR) is 367 cm³/mol. The van der Waals surface area contributed by atoms with Crippen molar-refractivity contribution in [3.05, 3.63) is 77.1 Å². The Kier molecular flexibility index (Phi) is 36.1. The summed E-state index contributed by atoms with van der Waals surface area (Å²) in [6.45, 7) is 17.3. The molecule has 94 heavy (non-hydrogen) atoms. The zero-order valence-electron chi connectivity index (χ0n) is 57.7. The molecule has 1 fully saturated rings. The number of methoxy groups -OCH3 is 3. The second-order valence-electron chi connectivity index (χ2n) is 25.5. The van der Waals surface area contributed by atoms with E-state index in [1.54, 1.807) is 78.9 Å². The van der Waals surface area contributed by atoms with Gasteiger partial charge in [-0.05, 0) is 80.0 Å². The number of carbonyl (C=O) groups excluding carboxylic acids is 8. The maximum absolute atomic E-state index is 14.9. The van der Waals surface area contributed by atoms with Gasteiger partial charge < -0.3 is 59.4 Å². The first-order valence-corrected chi connectivity index (χ1v) is 35.5. The Hall–Kier alpha value is -5.70. The van der Waals surface area contributed by atoms with E-state index in [4.69, 9.17) is 23.7 Å². The predicted octanol–water partition coefficient (Wildman–Crippen LogP) is 9.38. The van der Waals surface area contributed by atoms with Gasteiger partial charge in [0, 0.05) is 109 Å². The third-order valence-corrected chi connectivity index (χ3v) is 19.1. The number of aromatic nitrogens is 3. The van der Waals surface area contributed by atoms with Gasteiger partial charge in [0.05, 0.1) is 86.0 Å². The minimum Gasteiger partial charge on any atom is -0.445 e. The van der Waals surface area contributed by atoms with Crippen LogP contribution in [-0.2, 0) is 81.1 Å². The van der Waals surface area contributed by atoms with Gasteiger partial charge >= 0.3 is 6.09 Å². The maximum atomic E-state index is 14.9. The molecule has 25 heteroatoms. The van der Waals surface area contributed by atoms with Crippen LogP contribution in [0.3, 0.4) is 0 Å². The monoisotopic (exact) mass is 1440 g/mol. The topological polar surface area (TPSA) is 279 Å². The Bertz CT molecular complexity index is 2830. The molecule has 2 heterocycles. The van der Waals surface area contributed by atoms with E-state index in [1.807, 2.05) is 59.7 Å². The second-order valence-corrected chi connectivity index (χ2v) is 26.6. The highest BCUT2D eigenvalue weighted by molar-refractivity contribution is 9.09. The Morgan fingerprint density at radius 3 is 2.11 bits per heavy atom. The second kappa shape index (κ2) is 42.1. The van der Waals surface area contributed by atoms with Gasteiger partial charge in [-0.25, -0.2) is 9.48 Å². The molecule has 3 aromatic rings. The molecule has 1 aliphatic rings. The first-order valence-electron chi connectivity index (χ1n) is 33.2. The van der Waals surface area contributed by atoms with Crippen LogP contribution in [0, 0.1) is 35.5 Å². The van der Waals surface area contributed by atoms with Gasteiger partial charge in [0.15, 0.2) is 5.78 Å². The van der Waals surface area contributed by atoms with E-state index in [0.29, 0.717) is 105 Å². The molecule has 0 spiro atoms. The van der Waals surface area contributed by atoms with Crippen molar-refractivity contribution in [1.82, 2.24) is 40.3 Å². The fourth-order valence-electron chi connectivity index (χ4n) is 12.4. The highest BCUT2D eigenvalue weighted by Crippen LogP contribution is 2.32.